The number of aliphatic hydroxyl groups is 1. The van der Waals surface area contributed by atoms with Crippen molar-refractivity contribution in [2.45, 2.75) is 12.2 Å². The summed E-state index contributed by atoms with van der Waals surface area (Å²) in [6.45, 7) is 0.593. The van der Waals surface area contributed by atoms with Gasteiger partial charge in [0.15, 0.2) is 6.10 Å². The molecule has 158 valence electrons. The summed E-state index contributed by atoms with van der Waals surface area (Å²) in [6.07, 6.45) is 1.66. The molecule has 0 radical (unpaired) electrons. The molecule has 4 rings (SSSR count). The summed E-state index contributed by atoms with van der Waals surface area (Å²) in [5, 5.41) is 12.3. The van der Waals surface area contributed by atoms with Crippen LogP contribution in [0.15, 0.2) is 48.0 Å². The van der Waals surface area contributed by atoms with E-state index >= 15 is 0 Å². The fourth-order valence-corrected chi connectivity index (χ4v) is 4.92. The minimum atomic E-state index is -3.37. The summed E-state index contributed by atoms with van der Waals surface area (Å²) in [7, 11) is -3.37. The number of benzene rings is 1. The van der Waals surface area contributed by atoms with E-state index in [-0.39, 0.29) is 6.61 Å². The quantitative estimate of drug-likeness (QED) is 0.575. The molecule has 0 bridgehead atoms. The first kappa shape index (κ1) is 21.1. The van der Waals surface area contributed by atoms with E-state index in [0.29, 0.717) is 23.2 Å². The van der Waals surface area contributed by atoms with Crippen LogP contribution in [0.5, 0.6) is 5.88 Å². The number of halogens is 1. The lowest BCUT2D eigenvalue weighted by atomic mass is 10.1. The van der Waals surface area contributed by atoms with Gasteiger partial charge in [0.2, 0.25) is 15.9 Å². The van der Waals surface area contributed by atoms with Crippen LogP contribution in [0, 0.1) is 0 Å². The maximum Gasteiger partial charge on any atom is 0.229 e. The van der Waals surface area contributed by atoms with Crippen molar-refractivity contribution in [2.75, 3.05) is 24.2 Å². The number of aromatic nitrogens is 1. The molecule has 1 fully saturated rings. The molecule has 1 aliphatic heterocycles. The lowest BCUT2D eigenvalue weighted by Gasteiger charge is -2.14. The SMILES string of the molecule is CS(=O)(=O)Nc1ccc(-c2cc(-c3ccnc(OC4COCC4O)c3)cs2)c(Cl)c1. The maximum absolute atomic E-state index is 11.4. The maximum atomic E-state index is 11.4. The minimum Gasteiger partial charge on any atom is -0.469 e. The molecule has 2 atom stereocenters. The molecule has 0 amide bonds. The lowest BCUT2D eigenvalue weighted by Crippen LogP contribution is -2.30. The fourth-order valence-electron chi connectivity index (χ4n) is 3.07. The first-order valence-corrected chi connectivity index (χ1v) is 12.2. The Morgan fingerprint density at radius 2 is 2.07 bits per heavy atom. The van der Waals surface area contributed by atoms with E-state index in [1.165, 1.54) is 11.3 Å². The molecule has 2 unspecified atom stereocenters. The van der Waals surface area contributed by atoms with E-state index in [1.54, 1.807) is 24.4 Å². The number of rotatable bonds is 6. The number of pyridine rings is 1. The van der Waals surface area contributed by atoms with Crippen LogP contribution < -0.4 is 9.46 Å². The molecule has 3 heterocycles. The van der Waals surface area contributed by atoms with Gasteiger partial charge in [-0.25, -0.2) is 13.4 Å². The summed E-state index contributed by atoms with van der Waals surface area (Å²) in [6, 6.07) is 10.7. The molecule has 2 N–H and O–H groups in total. The van der Waals surface area contributed by atoms with Gasteiger partial charge in [0.05, 0.1) is 24.5 Å². The van der Waals surface area contributed by atoms with Crippen LogP contribution in [0.2, 0.25) is 5.02 Å². The molecule has 1 aromatic carbocycles. The van der Waals surface area contributed by atoms with Crippen molar-refractivity contribution in [1.82, 2.24) is 4.98 Å². The molecule has 3 aromatic rings. The van der Waals surface area contributed by atoms with Gasteiger partial charge in [0.1, 0.15) is 6.10 Å². The molecule has 0 aliphatic carbocycles. The predicted molar refractivity (Wildman–Crippen MR) is 118 cm³/mol. The van der Waals surface area contributed by atoms with E-state index in [2.05, 4.69) is 9.71 Å². The average Bonchev–Trinajstić information content (AvgIpc) is 3.31. The summed E-state index contributed by atoms with van der Waals surface area (Å²) in [5.74, 6) is 0.420. The largest absolute Gasteiger partial charge is 0.469 e. The summed E-state index contributed by atoms with van der Waals surface area (Å²) in [5.41, 5.74) is 3.11. The van der Waals surface area contributed by atoms with Crippen LogP contribution in [0.4, 0.5) is 5.69 Å². The molecular weight excluding hydrogens is 448 g/mol. The first-order valence-electron chi connectivity index (χ1n) is 9.03. The zero-order chi connectivity index (χ0) is 21.3. The van der Waals surface area contributed by atoms with Crippen LogP contribution in [-0.2, 0) is 14.8 Å². The normalized spacial score (nSPS) is 19.0. The summed E-state index contributed by atoms with van der Waals surface area (Å²) in [4.78, 5) is 5.16. The van der Waals surface area contributed by atoms with Gasteiger partial charge in [-0.15, -0.1) is 11.3 Å². The Morgan fingerprint density at radius 3 is 2.77 bits per heavy atom. The highest BCUT2D eigenvalue weighted by molar-refractivity contribution is 7.92. The third kappa shape index (κ3) is 4.93. The second kappa shape index (κ2) is 8.52. The zero-order valence-electron chi connectivity index (χ0n) is 15.9. The Kier molecular flexibility index (Phi) is 5.99. The number of nitrogens with one attached hydrogen (secondary N) is 1. The second-order valence-corrected chi connectivity index (χ2v) is 9.98. The number of hydrogen-bond acceptors (Lipinski definition) is 7. The molecule has 30 heavy (non-hydrogen) atoms. The number of ether oxygens (including phenoxy) is 2. The van der Waals surface area contributed by atoms with Gasteiger partial charge in [-0.05, 0) is 46.8 Å². The van der Waals surface area contributed by atoms with Crippen molar-refractivity contribution in [3.05, 3.63) is 53.0 Å². The molecule has 0 saturated carbocycles. The molecule has 0 spiro atoms. The highest BCUT2D eigenvalue weighted by Crippen LogP contribution is 2.38. The van der Waals surface area contributed by atoms with E-state index in [4.69, 9.17) is 21.1 Å². The fraction of sp³-hybridized carbons (Fsp3) is 0.250. The summed E-state index contributed by atoms with van der Waals surface area (Å²) < 4.78 is 36.2. The van der Waals surface area contributed by atoms with Gasteiger partial charge >= 0.3 is 0 Å². The number of aliphatic hydroxyl groups excluding tert-OH is 1. The van der Waals surface area contributed by atoms with Crippen LogP contribution in [-0.4, -0.2) is 50.2 Å². The highest BCUT2D eigenvalue weighted by Gasteiger charge is 2.28. The van der Waals surface area contributed by atoms with Crippen LogP contribution in [0.1, 0.15) is 0 Å². The van der Waals surface area contributed by atoms with Gasteiger partial charge < -0.3 is 14.6 Å². The standard InChI is InChI=1S/C20H19ClN2O5S2/c1-30(25,26)23-14-2-3-15(16(21)8-14)19-6-13(11-29-19)12-4-5-22-20(7-12)28-18-10-27-9-17(18)24/h2-8,11,17-18,23-24H,9-10H2,1H3. The van der Waals surface area contributed by atoms with Crippen molar-refractivity contribution in [3.8, 4) is 27.4 Å². The number of hydrogen-bond donors (Lipinski definition) is 2. The highest BCUT2D eigenvalue weighted by atomic mass is 35.5. The van der Waals surface area contributed by atoms with Crippen molar-refractivity contribution in [3.63, 3.8) is 0 Å². The van der Waals surface area contributed by atoms with Crippen molar-refractivity contribution in [2.24, 2.45) is 0 Å². The van der Waals surface area contributed by atoms with Gasteiger partial charge in [0.25, 0.3) is 0 Å². The number of anilines is 1. The van der Waals surface area contributed by atoms with Gasteiger partial charge in [-0.2, -0.15) is 0 Å². The Bertz CT molecular complexity index is 1170. The molecule has 2 aromatic heterocycles. The average molecular weight is 467 g/mol. The van der Waals surface area contributed by atoms with Crippen molar-refractivity contribution < 1.29 is 23.0 Å². The molecule has 1 saturated heterocycles. The lowest BCUT2D eigenvalue weighted by molar-refractivity contribution is 0.0704. The third-order valence-electron chi connectivity index (χ3n) is 4.48. The predicted octanol–water partition coefficient (Wildman–Crippen LogP) is 3.64. The van der Waals surface area contributed by atoms with Crippen LogP contribution >= 0.6 is 22.9 Å². The van der Waals surface area contributed by atoms with E-state index in [0.717, 1.165) is 27.8 Å². The van der Waals surface area contributed by atoms with E-state index < -0.39 is 22.2 Å². The zero-order valence-corrected chi connectivity index (χ0v) is 18.3. The van der Waals surface area contributed by atoms with Crippen molar-refractivity contribution in [1.29, 1.82) is 0 Å². The number of nitrogens with zero attached hydrogens (tertiary/aromatic N) is 1. The Balaban J connectivity index is 1.55. The molecule has 10 heteroatoms. The third-order valence-corrected chi connectivity index (χ3v) is 6.36. The van der Waals surface area contributed by atoms with Crippen molar-refractivity contribution >= 4 is 38.6 Å². The Morgan fingerprint density at radius 1 is 1.23 bits per heavy atom. The van der Waals surface area contributed by atoms with E-state index in [1.807, 2.05) is 23.6 Å². The first-order chi connectivity index (χ1) is 14.3. The van der Waals surface area contributed by atoms with Gasteiger partial charge in [-0.3, -0.25) is 4.72 Å². The smallest absolute Gasteiger partial charge is 0.229 e. The van der Waals surface area contributed by atoms with Crippen LogP contribution in [0.25, 0.3) is 21.6 Å². The topological polar surface area (TPSA) is 97.8 Å². The van der Waals surface area contributed by atoms with E-state index in [9.17, 15) is 13.5 Å². The Labute approximate surface area is 183 Å². The van der Waals surface area contributed by atoms with Gasteiger partial charge in [0, 0.05) is 28.4 Å². The monoisotopic (exact) mass is 466 g/mol. The number of thiophene rings is 1. The molecule has 1 aliphatic rings. The van der Waals surface area contributed by atoms with Gasteiger partial charge in [-0.1, -0.05) is 11.6 Å². The Hall–Kier alpha value is -2.17. The van der Waals surface area contributed by atoms with Crippen LogP contribution in [0.3, 0.4) is 0 Å². The number of sulfonamides is 1. The summed E-state index contributed by atoms with van der Waals surface area (Å²) >= 11 is 7.91. The second-order valence-electron chi connectivity index (χ2n) is 6.91. The minimum absolute atomic E-state index is 0.261. The molecule has 7 nitrogen and oxygen atoms in total. The molecular formula is C20H19ClN2O5S2.